The van der Waals surface area contributed by atoms with E-state index >= 15 is 0 Å². The summed E-state index contributed by atoms with van der Waals surface area (Å²) in [5.41, 5.74) is 13.0. The molecule has 0 N–H and O–H groups in total. The molecule has 6 nitrogen and oxygen atoms in total. The van der Waals surface area contributed by atoms with Crippen LogP contribution in [0.25, 0.3) is 88.4 Å². The second kappa shape index (κ2) is 13.0. The van der Waals surface area contributed by atoms with Gasteiger partial charge in [-0.05, 0) is 94.5 Å². The first kappa shape index (κ1) is 32.4. The van der Waals surface area contributed by atoms with E-state index in [1.165, 1.54) is 0 Å². The van der Waals surface area contributed by atoms with Gasteiger partial charge in [0.2, 0.25) is 0 Å². The highest BCUT2D eigenvalue weighted by molar-refractivity contribution is 6.12. The van der Waals surface area contributed by atoms with Gasteiger partial charge in [-0.2, -0.15) is 15.8 Å². The van der Waals surface area contributed by atoms with Crippen LogP contribution in [0.2, 0.25) is 0 Å². The molecule has 7 aromatic carbocycles. The number of hydrogen-bond acceptors (Lipinski definition) is 4. The standard InChI is InChI=1S/C50H28N6/c51-28-32-11-15-34(16-12-32)36-19-21-42-40-7-1-3-9-45(40)55(47(42)24-36)49-26-39(38-6-5-23-54-31-38)27-50(44(49)30-53)56-46-10-4-2-8-41(46)43-22-20-37(25-48(43)56)35-17-13-33(29-52)14-18-35/h1-27,31H. The van der Waals surface area contributed by atoms with E-state index < -0.39 is 0 Å². The highest BCUT2D eigenvalue weighted by Crippen LogP contribution is 2.41. The highest BCUT2D eigenvalue weighted by Gasteiger charge is 2.23. The molecule has 0 unspecified atom stereocenters. The van der Waals surface area contributed by atoms with Gasteiger partial charge < -0.3 is 9.13 Å². The zero-order chi connectivity index (χ0) is 37.8. The minimum Gasteiger partial charge on any atom is -0.308 e. The Morgan fingerprint density at radius 2 is 0.839 bits per heavy atom. The summed E-state index contributed by atoms with van der Waals surface area (Å²) in [6.45, 7) is 0. The molecule has 10 aromatic rings. The zero-order valence-corrected chi connectivity index (χ0v) is 29.8. The lowest BCUT2D eigenvalue weighted by Crippen LogP contribution is -2.05. The molecule has 0 spiro atoms. The lowest BCUT2D eigenvalue weighted by atomic mass is 10.00. The van der Waals surface area contributed by atoms with E-state index in [2.05, 4.69) is 105 Å². The molecule has 0 bridgehead atoms. The van der Waals surface area contributed by atoms with Gasteiger partial charge in [0.15, 0.2) is 0 Å². The topological polar surface area (TPSA) is 94.1 Å². The van der Waals surface area contributed by atoms with Crippen LogP contribution in [0, 0.1) is 34.0 Å². The largest absolute Gasteiger partial charge is 0.308 e. The van der Waals surface area contributed by atoms with Crippen molar-refractivity contribution in [1.29, 1.82) is 15.8 Å². The first-order chi connectivity index (χ1) is 27.6. The number of nitriles is 3. The monoisotopic (exact) mass is 712 g/mol. The predicted molar refractivity (Wildman–Crippen MR) is 223 cm³/mol. The Bertz CT molecular complexity index is 3120. The van der Waals surface area contributed by atoms with Gasteiger partial charge in [0.1, 0.15) is 11.6 Å². The molecule has 0 saturated heterocycles. The number of fused-ring (bicyclic) bond motifs is 6. The second-order valence-electron chi connectivity index (χ2n) is 13.8. The third-order valence-electron chi connectivity index (χ3n) is 10.7. The Labute approximate surface area is 322 Å². The maximum atomic E-state index is 11.4. The van der Waals surface area contributed by atoms with Crippen molar-refractivity contribution in [3.63, 3.8) is 0 Å². The molecule has 0 atom stereocenters. The number of rotatable bonds is 5. The normalized spacial score (nSPS) is 11.2. The SMILES string of the molecule is N#Cc1ccc(-c2ccc3c4ccccc4n(-c4cc(-c5cccnc5)cc(-n5c6ccccc6c6ccc(-c7ccc(C#N)cc7)cc65)c4C#N)c3c2)cc1. The number of pyridine rings is 1. The van der Waals surface area contributed by atoms with Crippen LogP contribution in [0.3, 0.4) is 0 Å². The van der Waals surface area contributed by atoms with Gasteiger partial charge in [0.05, 0.1) is 56.7 Å². The van der Waals surface area contributed by atoms with Crippen LogP contribution in [-0.4, -0.2) is 14.1 Å². The molecule has 6 heteroatoms. The molecule has 0 saturated carbocycles. The maximum Gasteiger partial charge on any atom is 0.104 e. The minimum absolute atomic E-state index is 0.524. The van der Waals surface area contributed by atoms with E-state index in [4.69, 9.17) is 0 Å². The summed E-state index contributed by atoms with van der Waals surface area (Å²) in [6, 6.07) is 60.1. The van der Waals surface area contributed by atoms with E-state index in [9.17, 15) is 15.8 Å². The summed E-state index contributed by atoms with van der Waals surface area (Å²) in [5.74, 6) is 0. The Kier molecular flexibility index (Phi) is 7.53. The Balaban J connectivity index is 1.31. The molecule has 10 rings (SSSR count). The Morgan fingerprint density at radius 1 is 0.375 bits per heavy atom. The van der Waals surface area contributed by atoms with Gasteiger partial charge in [-0.15, -0.1) is 0 Å². The van der Waals surface area contributed by atoms with Gasteiger partial charge >= 0.3 is 0 Å². The summed E-state index contributed by atoms with van der Waals surface area (Å²) in [7, 11) is 0. The van der Waals surface area contributed by atoms with Crippen molar-refractivity contribution in [1.82, 2.24) is 14.1 Å². The summed E-state index contributed by atoms with van der Waals surface area (Å²) >= 11 is 0. The van der Waals surface area contributed by atoms with Gasteiger partial charge in [0.25, 0.3) is 0 Å². The van der Waals surface area contributed by atoms with Crippen LogP contribution in [0.4, 0.5) is 0 Å². The van der Waals surface area contributed by atoms with Crippen LogP contribution in [0.5, 0.6) is 0 Å². The van der Waals surface area contributed by atoms with Crippen molar-refractivity contribution in [2.75, 3.05) is 0 Å². The van der Waals surface area contributed by atoms with Crippen LogP contribution in [-0.2, 0) is 0 Å². The first-order valence-electron chi connectivity index (χ1n) is 18.2. The van der Waals surface area contributed by atoms with E-state index in [0.29, 0.717) is 16.7 Å². The molecule has 0 aliphatic carbocycles. The third-order valence-corrected chi connectivity index (χ3v) is 10.7. The van der Waals surface area contributed by atoms with Gasteiger partial charge in [-0.1, -0.05) is 91.0 Å². The molecule has 0 fully saturated rings. The zero-order valence-electron chi connectivity index (χ0n) is 29.8. The number of para-hydroxylation sites is 2. The van der Waals surface area contributed by atoms with E-state index in [1.54, 1.807) is 6.20 Å². The van der Waals surface area contributed by atoms with Crippen LogP contribution >= 0.6 is 0 Å². The van der Waals surface area contributed by atoms with Gasteiger partial charge in [-0.3, -0.25) is 4.98 Å². The summed E-state index contributed by atoms with van der Waals surface area (Å²) in [4.78, 5) is 4.48. The first-order valence-corrected chi connectivity index (χ1v) is 18.2. The fourth-order valence-corrected chi connectivity index (χ4v) is 8.07. The van der Waals surface area contributed by atoms with E-state index in [-0.39, 0.29) is 0 Å². The summed E-state index contributed by atoms with van der Waals surface area (Å²) in [5, 5.41) is 34.5. The van der Waals surface area contributed by atoms with Crippen molar-refractivity contribution >= 4 is 43.6 Å². The van der Waals surface area contributed by atoms with Crippen LogP contribution < -0.4 is 0 Å². The van der Waals surface area contributed by atoms with E-state index in [0.717, 1.165) is 88.4 Å². The Morgan fingerprint density at radius 3 is 1.29 bits per heavy atom. The van der Waals surface area contributed by atoms with Crippen molar-refractivity contribution in [3.05, 3.63) is 187 Å². The van der Waals surface area contributed by atoms with Crippen molar-refractivity contribution in [2.45, 2.75) is 0 Å². The van der Waals surface area contributed by atoms with E-state index in [1.807, 2.05) is 91.1 Å². The average Bonchev–Trinajstić information content (AvgIpc) is 3.78. The molecular formula is C50H28N6. The third kappa shape index (κ3) is 5.12. The fourth-order valence-electron chi connectivity index (χ4n) is 8.07. The number of benzene rings is 7. The maximum absolute atomic E-state index is 11.4. The molecule has 0 aliphatic rings. The van der Waals surface area contributed by atoms with Gasteiger partial charge in [0, 0.05) is 39.5 Å². The minimum atomic E-state index is 0.524. The predicted octanol–water partition coefficient (Wildman–Crippen LogP) is 11.9. The van der Waals surface area contributed by atoms with Crippen molar-refractivity contribution < 1.29 is 0 Å². The molecule has 0 amide bonds. The van der Waals surface area contributed by atoms with Gasteiger partial charge in [-0.25, -0.2) is 0 Å². The van der Waals surface area contributed by atoms with Crippen molar-refractivity contribution in [2.24, 2.45) is 0 Å². The lowest BCUT2D eigenvalue weighted by Gasteiger charge is -2.18. The number of hydrogen-bond donors (Lipinski definition) is 0. The smallest absolute Gasteiger partial charge is 0.104 e. The Hall–Kier alpha value is -8.24. The fraction of sp³-hybridized carbons (Fsp3) is 0. The molecule has 3 heterocycles. The highest BCUT2D eigenvalue weighted by atomic mass is 15.0. The second-order valence-corrected chi connectivity index (χ2v) is 13.8. The summed E-state index contributed by atoms with van der Waals surface area (Å²) < 4.78 is 4.44. The molecule has 3 aromatic heterocycles. The molecule has 258 valence electrons. The van der Waals surface area contributed by atoms with Crippen LogP contribution in [0.15, 0.2) is 170 Å². The summed E-state index contributed by atoms with van der Waals surface area (Å²) in [6.07, 6.45) is 3.63. The average molecular weight is 713 g/mol. The quantitative estimate of drug-likeness (QED) is 0.177. The van der Waals surface area contributed by atoms with Crippen LogP contribution in [0.1, 0.15) is 16.7 Å². The molecule has 0 aliphatic heterocycles. The number of nitrogens with zero attached hydrogens (tertiary/aromatic N) is 6. The molecule has 56 heavy (non-hydrogen) atoms. The number of aromatic nitrogens is 3. The molecular weight excluding hydrogens is 685 g/mol. The lowest BCUT2D eigenvalue weighted by molar-refractivity contribution is 1.12. The van der Waals surface area contributed by atoms with Crippen molar-refractivity contribution in [3.8, 4) is 63.0 Å². The molecule has 0 radical (unpaired) electrons.